The highest BCUT2D eigenvalue weighted by Gasteiger charge is 2.13. The Bertz CT molecular complexity index is 618. The van der Waals surface area contributed by atoms with Crippen molar-refractivity contribution in [1.82, 2.24) is 15.0 Å². The first-order valence-corrected chi connectivity index (χ1v) is 5.79. The fourth-order valence-electron chi connectivity index (χ4n) is 1.42. The van der Waals surface area contributed by atoms with Gasteiger partial charge in [0.15, 0.2) is 0 Å². The lowest BCUT2D eigenvalue weighted by molar-refractivity contribution is 0.102. The Hall–Kier alpha value is -2.21. The first-order chi connectivity index (χ1) is 9.10. The maximum atomic E-state index is 12.0. The van der Waals surface area contributed by atoms with E-state index in [2.05, 4.69) is 20.3 Å². The molecule has 0 aliphatic rings. The lowest BCUT2D eigenvalue weighted by Gasteiger charge is -2.07. The van der Waals surface area contributed by atoms with Crippen LogP contribution in [0.1, 0.15) is 16.1 Å². The number of ether oxygens (including phenoxy) is 1. The van der Waals surface area contributed by atoms with Crippen LogP contribution in [0.25, 0.3) is 0 Å². The quantitative estimate of drug-likeness (QED) is 0.870. The van der Waals surface area contributed by atoms with Crippen LogP contribution in [0.3, 0.4) is 0 Å². The van der Waals surface area contributed by atoms with E-state index in [1.54, 1.807) is 25.1 Å². The van der Waals surface area contributed by atoms with E-state index in [1.165, 1.54) is 13.3 Å². The zero-order chi connectivity index (χ0) is 13.8. The van der Waals surface area contributed by atoms with Gasteiger partial charge in [-0.15, -0.1) is 0 Å². The Morgan fingerprint density at radius 2 is 2.21 bits per heavy atom. The summed E-state index contributed by atoms with van der Waals surface area (Å²) in [5, 5.41) is 2.67. The molecule has 19 heavy (non-hydrogen) atoms. The predicted molar refractivity (Wildman–Crippen MR) is 70.5 cm³/mol. The van der Waals surface area contributed by atoms with Crippen LogP contribution in [0.15, 0.2) is 24.4 Å². The second-order valence-electron chi connectivity index (χ2n) is 3.67. The fraction of sp³-hybridized carbons (Fsp3) is 0.167. The fourth-order valence-corrected chi connectivity index (χ4v) is 1.63. The molecule has 0 aliphatic heterocycles. The molecule has 7 heteroatoms. The van der Waals surface area contributed by atoms with Crippen molar-refractivity contribution in [1.29, 1.82) is 0 Å². The lowest BCUT2D eigenvalue weighted by Crippen LogP contribution is -2.15. The summed E-state index contributed by atoms with van der Waals surface area (Å²) in [5.41, 5.74) is 0.938. The number of anilines is 1. The number of pyridine rings is 1. The molecule has 0 aromatic carbocycles. The number of rotatable bonds is 3. The molecule has 0 spiro atoms. The molecule has 0 saturated heterocycles. The van der Waals surface area contributed by atoms with Crippen LogP contribution in [0, 0.1) is 6.92 Å². The summed E-state index contributed by atoms with van der Waals surface area (Å²) >= 11 is 5.84. The van der Waals surface area contributed by atoms with Crippen LogP contribution in [-0.2, 0) is 0 Å². The van der Waals surface area contributed by atoms with Gasteiger partial charge in [0.25, 0.3) is 5.91 Å². The average Bonchev–Trinajstić information content (AvgIpc) is 2.38. The highest BCUT2D eigenvalue weighted by Crippen LogP contribution is 2.15. The largest absolute Gasteiger partial charge is 0.481 e. The summed E-state index contributed by atoms with van der Waals surface area (Å²) in [4.78, 5) is 23.9. The van der Waals surface area contributed by atoms with Gasteiger partial charge in [-0.3, -0.25) is 10.1 Å². The Morgan fingerprint density at radius 1 is 1.42 bits per heavy atom. The zero-order valence-electron chi connectivity index (χ0n) is 10.3. The maximum Gasteiger partial charge on any atom is 0.261 e. The summed E-state index contributed by atoms with van der Waals surface area (Å²) in [6.45, 7) is 1.77. The number of aromatic nitrogens is 3. The van der Waals surface area contributed by atoms with Crippen molar-refractivity contribution in [2.45, 2.75) is 6.92 Å². The third kappa shape index (κ3) is 3.17. The number of halogens is 1. The van der Waals surface area contributed by atoms with E-state index in [0.29, 0.717) is 11.6 Å². The van der Waals surface area contributed by atoms with E-state index in [4.69, 9.17) is 16.3 Å². The van der Waals surface area contributed by atoms with Crippen molar-refractivity contribution >= 4 is 23.5 Å². The van der Waals surface area contributed by atoms with Crippen molar-refractivity contribution in [3.63, 3.8) is 0 Å². The van der Waals surface area contributed by atoms with Crippen LogP contribution < -0.4 is 10.1 Å². The van der Waals surface area contributed by atoms with E-state index >= 15 is 0 Å². The summed E-state index contributed by atoms with van der Waals surface area (Å²) in [6, 6.07) is 4.85. The van der Waals surface area contributed by atoms with Crippen molar-refractivity contribution in [3.8, 4) is 5.88 Å². The first kappa shape index (κ1) is 13.2. The van der Waals surface area contributed by atoms with E-state index < -0.39 is 5.91 Å². The minimum atomic E-state index is -0.425. The number of nitrogens with zero attached hydrogens (tertiary/aromatic N) is 3. The topological polar surface area (TPSA) is 77.0 Å². The van der Waals surface area contributed by atoms with Crippen LogP contribution in [0.2, 0.25) is 5.15 Å². The number of hydrogen-bond acceptors (Lipinski definition) is 5. The average molecular weight is 279 g/mol. The molecular formula is C12H11ClN4O2. The molecule has 0 bridgehead atoms. The lowest BCUT2D eigenvalue weighted by atomic mass is 10.3. The first-order valence-electron chi connectivity index (χ1n) is 5.41. The van der Waals surface area contributed by atoms with Crippen LogP contribution >= 0.6 is 11.6 Å². The number of nitrogens with one attached hydrogen (secondary N) is 1. The van der Waals surface area contributed by atoms with Gasteiger partial charge in [0.2, 0.25) is 11.8 Å². The van der Waals surface area contributed by atoms with Crippen LogP contribution in [0.5, 0.6) is 5.88 Å². The Kier molecular flexibility index (Phi) is 3.91. The number of carbonyl (C=O) groups is 1. The molecule has 0 aliphatic carbocycles. The predicted octanol–water partition coefficient (Wildman–Crippen LogP) is 2.09. The van der Waals surface area contributed by atoms with Gasteiger partial charge >= 0.3 is 0 Å². The molecule has 0 radical (unpaired) electrons. The highest BCUT2D eigenvalue weighted by molar-refractivity contribution is 6.33. The number of aryl methyl sites for hydroxylation is 1. The standard InChI is InChI=1S/C12H11ClN4O2/c1-7-6-9(19-2)16-12(15-7)17-11(18)8-4-3-5-14-10(8)13/h3-6H,1-2H3,(H,15,16,17,18). The van der Waals surface area contributed by atoms with Gasteiger partial charge in [-0.2, -0.15) is 4.98 Å². The minimum absolute atomic E-state index is 0.125. The van der Waals surface area contributed by atoms with Crippen molar-refractivity contribution in [2.75, 3.05) is 12.4 Å². The smallest absolute Gasteiger partial charge is 0.261 e. The molecule has 0 atom stereocenters. The van der Waals surface area contributed by atoms with E-state index in [-0.39, 0.29) is 16.7 Å². The molecule has 1 N–H and O–H groups in total. The number of amides is 1. The summed E-state index contributed by atoms with van der Waals surface area (Å²) < 4.78 is 5.01. The number of carbonyl (C=O) groups excluding carboxylic acids is 1. The molecule has 2 rings (SSSR count). The van der Waals surface area contributed by atoms with Gasteiger partial charge < -0.3 is 4.74 Å². The monoisotopic (exact) mass is 278 g/mol. The molecule has 2 aromatic rings. The van der Waals surface area contributed by atoms with Crippen LogP contribution in [-0.4, -0.2) is 28.0 Å². The molecule has 0 fully saturated rings. The SMILES string of the molecule is COc1cc(C)nc(NC(=O)c2cccnc2Cl)n1. The molecule has 98 valence electrons. The van der Waals surface area contributed by atoms with Gasteiger partial charge in [-0.1, -0.05) is 11.6 Å². The summed E-state index contributed by atoms with van der Waals surface area (Å²) in [7, 11) is 1.49. The minimum Gasteiger partial charge on any atom is -0.481 e. The second kappa shape index (κ2) is 5.62. The normalized spacial score (nSPS) is 10.1. The van der Waals surface area contributed by atoms with Gasteiger partial charge in [-0.25, -0.2) is 9.97 Å². The number of hydrogen-bond donors (Lipinski definition) is 1. The molecule has 2 heterocycles. The molecule has 2 aromatic heterocycles. The summed E-state index contributed by atoms with van der Waals surface area (Å²) in [5.74, 6) is 0.104. The maximum absolute atomic E-state index is 12.0. The van der Waals surface area contributed by atoms with E-state index in [0.717, 1.165) is 0 Å². The molecule has 6 nitrogen and oxygen atoms in total. The van der Waals surface area contributed by atoms with Gasteiger partial charge in [0.1, 0.15) is 5.15 Å². The Labute approximate surface area is 114 Å². The zero-order valence-corrected chi connectivity index (χ0v) is 11.1. The highest BCUT2D eigenvalue weighted by atomic mass is 35.5. The van der Waals surface area contributed by atoms with E-state index in [9.17, 15) is 4.79 Å². The Balaban J connectivity index is 2.24. The van der Waals surface area contributed by atoms with Gasteiger partial charge in [0.05, 0.1) is 12.7 Å². The molecular weight excluding hydrogens is 268 g/mol. The second-order valence-corrected chi connectivity index (χ2v) is 4.03. The molecule has 1 amide bonds. The van der Waals surface area contributed by atoms with Crippen LogP contribution in [0.4, 0.5) is 5.95 Å². The number of methoxy groups -OCH3 is 1. The van der Waals surface area contributed by atoms with Crippen molar-refractivity contribution in [3.05, 3.63) is 40.8 Å². The van der Waals surface area contributed by atoms with Crippen molar-refractivity contribution in [2.24, 2.45) is 0 Å². The molecule has 0 saturated carbocycles. The van der Waals surface area contributed by atoms with E-state index in [1.807, 2.05) is 0 Å². The van der Waals surface area contributed by atoms with Gasteiger partial charge in [0, 0.05) is 18.0 Å². The third-order valence-corrected chi connectivity index (χ3v) is 2.57. The molecule has 0 unspecified atom stereocenters. The van der Waals surface area contributed by atoms with Crippen molar-refractivity contribution < 1.29 is 9.53 Å². The van der Waals surface area contributed by atoms with Gasteiger partial charge in [-0.05, 0) is 19.1 Å². The third-order valence-electron chi connectivity index (χ3n) is 2.27. The Morgan fingerprint density at radius 3 is 2.89 bits per heavy atom. The summed E-state index contributed by atoms with van der Waals surface area (Å²) in [6.07, 6.45) is 1.51.